The quantitative estimate of drug-likeness (QED) is 0.797. The molecule has 0 N–H and O–H groups in total. The normalized spacial score (nSPS) is 15.3. The van der Waals surface area contributed by atoms with Gasteiger partial charge in [-0.2, -0.15) is 13.2 Å². The van der Waals surface area contributed by atoms with Crippen LogP contribution in [0.3, 0.4) is 0 Å². The zero-order valence-corrected chi connectivity index (χ0v) is 15.8. The Balaban J connectivity index is 1.68. The predicted molar refractivity (Wildman–Crippen MR) is 99.7 cm³/mol. The highest BCUT2D eigenvalue weighted by Crippen LogP contribution is 2.29. The average molecular weight is 393 g/mol. The molecule has 0 saturated carbocycles. The van der Waals surface area contributed by atoms with E-state index in [4.69, 9.17) is 4.74 Å². The second-order valence-electron chi connectivity index (χ2n) is 6.72. The number of halogens is 3. The topological polar surface area (TPSA) is 45.7 Å². The minimum absolute atomic E-state index is 0.0828. The lowest BCUT2D eigenvalue weighted by Crippen LogP contribution is -2.35. The van der Waals surface area contributed by atoms with E-state index in [0.717, 1.165) is 17.8 Å². The van der Waals surface area contributed by atoms with Crippen molar-refractivity contribution in [2.75, 3.05) is 38.2 Å². The number of pyridine rings is 1. The molecule has 0 spiro atoms. The van der Waals surface area contributed by atoms with Crippen LogP contribution in [0.4, 0.5) is 19.0 Å². The second-order valence-corrected chi connectivity index (χ2v) is 6.72. The minimum Gasteiger partial charge on any atom is -0.496 e. The summed E-state index contributed by atoms with van der Waals surface area (Å²) >= 11 is 0. The zero-order chi connectivity index (χ0) is 20.3. The Labute approximate surface area is 161 Å². The molecule has 2 aromatic rings. The Hall–Kier alpha value is -2.77. The number of aromatic nitrogens is 1. The van der Waals surface area contributed by atoms with E-state index in [1.165, 1.54) is 6.07 Å². The van der Waals surface area contributed by atoms with Crippen LogP contribution in [0.2, 0.25) is 0 Å². The molecule has 5 nitrogen and oxygen atoms in total. The van der Waals surface area contributed by atoms with Crippen LogP contribution in [0.1, 0.15) is 27.9 Å². The van der Waals surface area contributed by atoms with Crippen LogP contribution in [0.25, 0.3) is 0 Å². The number of methoxy groups -OCH3 is 1. The molecule has 1 saturated heterocycles. The van der Waals surface area contributed by atoms with Gasteiger partial charge in [0.05, 0.1) is 12.7 Å². The summed E-state index contributed by atoms with van der Waals surface area (Å²) in [6, 6.07) is 7.78. The Morgan fingerprint density at radius 3 is 2.54 bits per heavy atom. The molecule has 3 rings (SSSR count). The molecule has 0 atom stereocenters. The van der Waals surface area contributed by atoms with Gasteiger partial charge in [-0.15, -0.1) is 0 Å². The van der Waals surface area contributed by atoms with Gasteiger partial charge in [0.2, 0.25) is 0 Å². The molecular formula is C20H22F3N3O2. The van der Waals surface area contributed by atoms with E-state index in [2.05, 4.69) is 4.98 Å². The number of hydrogen-bond donors (Lipinski definition) is 0. The second kappa shape index (κ2) is 8.08. The number of amides is 1. The van der Waals surface area contributed by atoms with Crippen LogP contribution >= 0.6 is 0 Å². The SMILES string of the molecule is COc1cc(C(=O)N2CCCN(c3ccc(C(F)(F)F)cn3)CC2)ccc1C. The third-order valence-corrected chi connectivity index (χ3v) is 4.84. The van der Waals surface area contributed by atoms with Crippen molar-refractivity contribution >= 4 is 11.7 Å². The smallest absolute Gasteiger partial charge is 0.417 e. The van der Waals surface area contributed by atoms with Crippen molar-refractivity contribution in [1.29, 1.82) is 0 Å². The molecule has 0 radical (unpaired) electrons. The third-order valence-electron chi connectivity index (χ3n) is 4.84. The van der Waals surface area contributed by atoms with Gasteiger partial charge >= 0.3 is 6.18 Å². The van der Waals surface area contributed by atoms with Gasteiger partial charge in [-0.3, -0.25) is 4.79 Å². The van der Waals surface area contributed by atoms with Crippen molar-refractivity contribution in [1.82, 2.24) is 9.88 Å². The van der Waals surface area contributed by atoms with E-state index < -0.39 is 11.7 Å². The Morgan fingerprint density at radius 1 is 1.11 bits per heavy atom. The number of nitrogens with zero attached hydrogens (tertiary/aromatic N) is 3. The zero-order valence-electron chi connectivity index (χ0n) is 15.8. The maximum atomic E-state index is 12.8. The van der Waals surface area contributed by atoms with Gasteiger partial charge in [0.1, 0.15) is 11.6 Å². The van der Waals surface area contributed by atoms with Crippen LogP contribution in [-0.4, -0.2) is 49.1 Å². The molecule has 2 heterocycles. The first-order chi connectivity index (χ1) is 13.3. The van der Waals surface area contributed by atoms with Gasteiger partial charge in [0.25, 0.3) is 5.91 Å². The molecule has 1 aliphatic heterocycles. The molecule has 8 heteroatoms. The van der Waals surface area contributed by atoms with Gasteiger partial charge in [-0.1, -0.05) is 6.07 Å². The van der Waals surface area contributed by atoms with E-state index in [1.54, 1.807) is 24.1 Å². The Kier molecular flexibility index (Phi) is 5.76. The number of rotatable bonds is 3. The lowest BCUT2D eigenvalue weighted by molar-refractivity contribution is -0.137. The lowest BCUT2D eigenvalue weighted by Gasteiger charge is -2.23. The van der Waals surface area contributed by atoms with Crippen LogP contribution in [0.5, 0.6) is 5.75 Å². The molecule has 150 valence electrons. The highest BCUT2D eigenvalue weighted by molar-refractivity contribution is 5.94. The fourth-order valence-corrected chi connectivity index (χ4v) is 3.23. The van der Waals surface area contributed by atoms with Crippen LogP contribution < -0.4 is 9.64 Å². The maximum absolute atomic E-state index is 12.8. The number of carbonyl (C=O) groups excluding carboxylic acids is 1. The van der Waals surface area contributed by atoms with Crippen LogP contribution in [0, 0.1) is 6.92 Å². The number of hydrogen-bond acceptors (Lipinski definition) is 4. The molecule has 0 bridgehead atoms. The van der Waals surface area contributed by atoms with Gasteiger partial charge in [0, 0.05) is 37.9 Å². The summed E-state index contributed by atoms with van der Waals surface area (Å²) in [5, 5.41) is 0. The fourth-order valence-electron chi connectivity index (χ4n) is 3.23. The monoisotopic (exact) mass is 393 g/mol. The standard InChI is InChI=1S/C20H22F3N3O2/c1-14-4-5-15(12-17(14)28-2)19(27)26-9-3-8-25(10-11-26)18-7-6-16(13-24-18)20(21,22)23/h4-7,12-13H,3,8-11H2,1-2H3. The molecule has 1 amide bonds. The van der Waals surface area contributed by atoms with E-state index in [-0.39, 0.29) is 5.91 Å². The summed E-state index contributed by atoms with van der Waals surface area (Å²) in [6.45, 7) is 4.09. The highest BCUT2D eigenvalue weighted by Gasteiger charge is 2.31. The maximum Gasteiger partial charge on any atom is 0.417 e. The number of benzene rings is 1. The molecule has 1 aliphatic rings. The predicted octanol–water partition coefficient (Wildman–Crippen LogP) is 3.77. The van der Waals surface area contributed by atoms with Crippen molar-refractivity contribution in [3.63, 3.8) is 0 Å². The van der Waals surface area contributed by atoms with E-state index in [1.807, 2.05) is 17.9 Å². The fraction of sp³-hybridized carbons (Fsp3) is 0.400. The number of anilines is 1. The average Bonchev–Trinajstić information content (AvgIpc) is 2.93. The third kappa shape index (κ3) is 4.37. The van der Waals surface area contributed by atoms with E-state index in [9.17, 15) is 18.0 Å². The van der Waals surface area contributed by atoms with Crippen molar-refractivity contribution < 1.29 is 22.7 Å². The van der Waals surface area contributed by atoms with Gasteiger partial charge in [-0.25, -0.2) is 4.98 Å². The van der Waals surface area contributed by atoms with E-state index >= 15 is 0 Å². The molecule has 0 aliphatic carbocycles. The molecule has 0 unspecified atom stereocenters. The Morgan fingerprint density at radius 2 is 1.89 bits per heavy atom. The minimum atomic E-state index is -4.40. The summed E-state index contributed by atoms with van der Waals surface area (Å²) in [5.41, 5.74) is 0.745. The number of alkyl halides is 3. The van der Waals surface area contributed by atoms with Gasteiger partial charge < -0.3 is 14.5 Å². The van der Waals surface area contributed by atoms with Crippen LogP contribution in [0.15, 0.2) is 36.5 Å². The van der Waals surface area contributed by atoms with Crippen molar-refractivity contribution in [3.8, 4) is 5.75 Å². The summed E-state index contributed by atoms with van der Waals surface area (Å²) < 4.78 is 43.4. The first-order valence-electron chi connectivity index (χ1n) is 9.01. The summed E-state index contributed by atoms with van der Waals surface area (Å²) in [7, 11) is 1.57. The summed E-state index contributed by atoms with van der Waals surface area (Å²) in [4.78, 5) is 20.5. The van der Waals surface area contributed by atoms with Crippen molar-refractivity contribution in [3.05, 3.63) is 53.2 Å². The summed E-state index contributed by atoms with van der Waals surface area (Å²) in [6.07, 6.45) is -2.85. The molecule has 1 aromatic carbocycles. The molecular weight excluding hydrogens is 371 g/mol. The van der Waals surface area contributed by atoms with E-state index in [0.29, 0.717) is 49.7 Å². The number of aryl methyl sites for hydroxylation is 1. The van der Waals surface area contributed by atoms with Gasteiger partial charge in [0.15, 0.2) is 0 Å². The molecule has 1 fully saturated rings. The van der Waals surface area contributed by atoms with Crippen LogP contribution in [-0.2, 0) is 6.18 Å². The lowest BCUT2D eigenvalue weighted by atomic mass is 10.1. The Bertz CT molecular complexity index is 838. The summed E-state index contributed by atoms with van der Waals surface area (Å²) in [5.74, 6) is 1.07. The number of carbonyl (C=O) groups is 1. The number of ether oxygens (including phenoxy) is 1. The highest BCUT2D eigenvalue weighted by atomic mass is 19.4. The molecule has 28 heavy (non-hydrogen) atoms. The first-order valence-corrected chi connectivity index (χ1v) is 9.01. The first kappa shape index (κ1) is 20.0. The van der Waals surface area contributed by atoms with Crippen molar-refractivity contribution in [2.45, 2.75) is 19.5 Å². The van der Waals surface area contributed by atoms with Crippen molar-refractivity contribution in [2.24, 2.45) is 0 Å². The molecule has 1 aromatic heterocycles. The van der Waals surface area contributed by atoms with Gasteiger partial charge in [-0.05, 0) is 43.2 Å². The largest absolute Gasteiger partial charge is 0.496 e.